The molecule has 4 N–H and O–H groups in total. The highest BCUT2D eigenvalue weighted by Crippen LogP contribution is 2.38. The van der Waals surface area contributed by atoms with Crippen molar-refractivity contribution in [2.45, 2.75) is 44.6 Å². The number of nitrogens with zero attached hydrogens (tertiary/aromatic N) is 1. The first-order valence-electron chi connectivity index (χ1n) is 10.2. The zero-order valence-corrected chi connectivity index (χ0v) is 16.2. The first-order valence-corrected chi connectivity index (χ1v) is 10.2. The summed E-state index contributed by atoms with van der Waals surface area (Å²) in [7, 11) is 0. The van der Waals surface area contributed by atoms with Crippen molar-refractivity contribution in [3.8, 4) is 0 Å². The van der Waals surface area contributed by atoms with Gasteiger partial charge < -0.3 is 16.0 Å². The fraction of sp³-hybridized carbons (Fsp3) is 0.391. The number of fused-ring (bicyclic) bond motifs is 1. The molecule has 5 nitrogen and oxygen atoms in total. The average Bonchev–Trinajstić information content (AvgIpc) is 3.21. The number of H-pyrrole nitrogens is 1. The third-order valence-corrected chi connectivity index (χ3v) is 6.10. The molecule has 1 aliphatic carbocycles. The molecule has 28 heavy (non-hydrogen) atoms. The van der Waals surface area contributed by atoms with Crippen LogP contribution in [0.25, 0.3) is 11.0 Å². The Bertz CT molecular complexity index is 928. The topological polar surface area (TPSA) is 83.8 Å². The maximum Gasteiger partial charge on any atom is 0.221 e. The number of aromatic amines is 1. The third kappa shape index (κ3) is 3.94. The third-order valence-electron chi connectivity index (χ3n) is 6.10. The molecule has 1 fully saturated rings. The Kier molecular flexibility index (Phi) is 5.44. The van der Waals surface area contributed by atoms with Gasteiger partial charge >= 0.3 is 0 Å². The number of nitrogens with one attached hydrogen (secondary N) is 2. The molecule has 1 unspecified atom stereocenters. The monoisotopic (exact) mass is 376 g/mol. The van der Waals surface area contributed by atoms with Crippen molar-refractivity contribution in [3.63, 3.8) is 0 Å². The van der Waals surface area contributed by atoms with Crippen LogP contribution in [-0.2, 0) is 4.79 Å². The molecular weight excluding hydrogens is 348 g/mol. The second kappa shape index (κ2) is 8.15. The van der Waals surface area contributed by atoms with Crippen LogP contribution in [0.2, 0.25) is 0 Å². The zero-order chi connectivity index (χ0) is 19.4. The highest BCUT2D eigenvalue weighted by Gasteiger charge is 2.33. The number of carbonyl (C=O) groups excluding carboxylic acids is 1. The summed E-state index contributed by atoms with van der Waals surface area (Å²) in [6.45, 7) is 0.580. The lowest BCUT2D eigenvalue weighted by molar-refractivity contribution is -0.124. The van der Waals surface area contributed by atoms with Gasteiger partial charge in [-0.05, 0) is 48.1 Å². The molecule has 2 aromatic carbocycles. The van der Waals surface area contributed by atoms with E-state index >= 15 is 0 Å². The summed E-state index contributed by atoms with van der Waals surface area (Å²) in [6.07, 6.45) is 7.88. The SMILES string of the molecule is NCC1(CC(=O)NC(c2ccccc2)c2ccc3nc[nH]c3c2)CCCCC1. The number of nitrogens with two attached hydrogens (primary N) is 1. The molecule has 0 radical (unpaired) electrons. The number of rotatable bonds is 6. The number of hydrogen-bond acceptors (Lipinski definition) is 3. The summed E-state index contributed by atoms with van der Waals surface area (Å²) >= 11 is 0. The van der Waals surface area contributed by atoms with Crippen LogP contribution in [0.4, 0.5) is 0 Å². The van der Waals surface area contributed by atoms with Crippen LogP contribution in [-0.4, -0.2) is 22.4 Å². The Labute approximate surface area is 165 Å². The number of imidazole rings is 1. The van der Waals surface area contributed by atoms with Crippen molar-refractivity contribution in [1.29, 1.82) is 0 Å². The summed E-state index contributed by atoms with van der Waals surface area (Å²) in [5, 5.41) is 3.28. The van der Waals surface area contributed by atoms with Gasteiger partial charge in [-0.3, -0.25) is 4.79 Å². The number of benzene rings is 2. The lowest BCUT2D eigenvalue weighted by Gasteiger charge is -2.36. The molecule has 1 amide bonds. The van der Waals surface area contributed by atoms with Crippen LogP contribution < -0.4 is 11.1 Å². The van der Waals surface area contributed by atoms with E-state index in [2.05, 4.69) is 33.5 Å². The Morgan fingerprint density at radius 3 is 2.64 bits per heavy atom. The predicted molar refractivity (Wildman–Crippen MR) is 112 cm³/mol. The van der Waals surface area contributed by atoms with E-state index in [1.54, 1.807) is 6.33 Å². The lowest BCUT2D eigenvalue weighted by atomic mass is 9.71. The van der Waals surface area contributed by atoms with Crippen LogP contribution in [0, 0.1) is 5.41 Å². The van der Waals surface area contributed by atoms with Crippen molar-refractivity contribution in [3.05, 3.63) is 66.0 Å². The fourth-order valence-corrected chi connectivity index (χ4v) is 4.44. The van der Waals surface area contributed by atoms with E-state index in [0.717, 1.165) is 35.0 Å². The maximum atomic E-state index is 13.1. The van der Waals surface area contributed by atoms with Gasteiger partial charge in [0.15, 0.2) is 0 Å². The van der Waals surface area contributed by atoms with E-state index < -0.39 is 0 Å². The molecule has 146 valence electrons. The molecule has 1 saturated carbocycles. The minimum absolute atomic E-state index is 0.0447. The van der Waals surface area contributed by atoms with Gasteiger partial charge in [0.1, 0.15) is 0 Å². The minimum Gasteiger partial charge on any atom is -0.345 e. The van der Waals surface area contributed by atoms with Gasteiger partial charge in [-0.2, -0.15) is 0 Å². The quantitative estimate of drug-likeness (QED) is 0.606. The second-order valence-corrected chi connectivity index (χ2v) is 8.03. The summed E-state index contributed by atoms with van der Waals surface area (Å²) in [6, 6.07) is 16.0. The summed E-state index contributed by atoms with van der Waals surface area (Å²) in [5.41, 5.74) is 10.1. The van der Waals surface area contributed by atoms with Crippen molar-refractivity contribution < 1.29 is 4.79 Å². The molecule has 1 heterocycles. The van der Waals surface area contributed by atoms with Crippen LogP contribution in [0.5, 0.6) is 0 Å². The van der Waals surface area contributed by atoms with Gasteiger partial charge in [0, 0.05) is 6.42 Å². The average molecular weight is 377 g/mol. The summed E-state index contributed by atoms with van der Waals surface area (Å²) in [5.74, 6) is 0.0749. The molecule has 4 rings (SSSR count). The molecule has 5 heteroatoms. The lowest BCUT2D eigenvalue weighted by Crippen LogP contribution is -2.39. The Hall–Kier alpha value is -2.66. The second-order valence-electron chi connectivity index (χ2n) is 8.03. The van der Waals surface area contributed by atoms with Crippen molar-refractivity contribution in [2.24, 2.45) is 11.1 Å². The molecule has 1 atom stereocenters. The number of amides is 1. The van der Waals surface area contributed by atoms with Crippen molar-refractivity contribution in [2.75, 3.05) is 6.54 Å². The van der Waals surface area contributed by atoms with E-state index in [-0.39, 0.29) is 17.4 Å². The number of carbonyl (C=O) groups is 1. The summed E-state index contributed by atoms with van der Waals surface area (Å²) in [4.78, 5) is 20.5. The van der Waals surface area contributed by atoms with Gasteiger partial charge in [-0.15, -0.1) is 0 Å². The fourth-order valence-electron chi connectivity index (χ4n) is 4.44. The van der Waals surface area contributed by atoms with E-state index in [0.29, 0.717) is 13.0 Å². The highest BCUT2D eigenvalue weighted by atomic mass is 16.1. The van der Waals surface area contributed by atoms with Gasteiger partial charge in [-0.1, -0.05) is 55.7 Å². The Balaban J connectivity index is 1.59. The van der Waals surface area contributed by atoms with E-state index in [4.69, 9.17) is 5.73 Å². The summed E-state index contributed by atoms with van der Waals surface area (Å²) < 4.78 is 0. The Morgan fingerprint density at radius 2 is 1.89 bits per heavy atom. The van der Waals surface area contributed by atoms with Crippen LogP contribution >= 0.6 is 0 Å². The molecule has 0 bridgehead atoms. The van der Waals surface area contributed by atoms with Gasteiger partial charge in [0.05, 0.1) is 23.4 Å². The molecule has 3 aromatic rings. The van der Waals surface area contributed by atoms with Gasteiger partial charge in [0.25, 0.3) is 0 Å². The van der Waals surface area contributed by atoms with Crippen molar-refractivity contribution in [1.82, 2.24) is 15.3 Å². The number of aromatic nitrogens is 2. The van der Waals surface area contributed by atoms with Crippen LogP contribution in [0.3, 0.4) is 0 Å². The van der Waals surface area contributed by atoms with E-state index in [1.807, 2.05) is 30.3 Å². The predicted octanol–water partition coefficient (Wildman–Crippen LogP) is 4.07. The largest absolute Gasteiger partial charge is 0.345 e. The minimum atomic E-state index is -0.195. The molecule has 0 saturated heterocycles. The van der Waals surface area contributed by atoms with Gasteiger partial charge in [0.2, 0.25) is 5.91 Å². The first kappa shape index (κ1) is 18.7. The van der Waals surface area contributed by atoms with E-state index in [9.17, 15) is 4.79 Å². The molecular formula is C23H28N4O. The Morgan fingerprint density at radius 1 is 1.11 bits per heavy atom. The smallest absolute Gasteiger partial charge is 0.221 e. The number of hydrogen-bond donors (Lipinski definition) is 3. The zero-order valence-electron chi connectivity index (χ0n) is 16.2. The van der Waals surface area contributed by atoms with Crippen LogP contribution in [0.15, 0.2) is 54.9 Å². The van der Waals surface area contributed by atoms with Gasteiger partial charge in [-0.25, -0.2) is 4.98 Å². The van der Waals surface area contributed by atoms with Crippen LogP contribution in [0.1, 0.15) is 55.7 Å². The molecule has 1 aromatic heterocycles. The first-order chi connectivity index (χ1) is 13.7. The molecule has 1 aliphatic rings. The normalized spacial score (nSPS) is 17.3. The van der Waals surface area contributed by atoms with Crippen molar-refractivity contribution >= 4 is 16.9 Å². The maximum absolute atomic E-state index is 13.1. The highest BCUT2D eigenvalue weighted by molar-refractivity contribution is 5.79. The van der Waals surface area contributed by atoms with E-state index in [1.165, 1.54) is 19.3 Å². The standard InChI is InChI=1S/C23H28N4O/c24-15-23(11-5-2-6-12-23)14-21(28)27-22(17-7-3-1-4-8-17)18-9-10-19-20(13-18)26-16-25-19/h1,3-4,7-10,13,16,22H,2,5-6,11-12,14-15,24H2,(H,25,26)(H,27,28). The molecule has 0 aliphatic heterocycles. The molecule has 0 spiro atoms.